The van der Waals surface area contributed by atoms with Crippen LogP contribution in [-0.2, 0) is 0 Å². The fourth-order valence-electron chi connectivity index (χ4n) is 2.14. The molecule has 2 aromatic carbocycles. The second-order valence-electron chi connectivity index (χ2n) is 4.39. The molecule has 4 heteroatoms. The van der Waals surface area contributed by atoms with Crippen molar-refractivity contribution in [3.63, 3.8) is 0 Å². The molecule has 0 unspecified atom stereocenters. The standard InChI is InChI=1S/C16H10FNO2/c17-15-12(5-3-6-13(15)16(19)20)11-8-10-4-1-2-7-14(10)18-9-11/h1-9H,(H,19,20). The molecular weight excluding hydrogens is 257 g/mol. The van der Waals surface area contributed by atoms with E-state index in [2.05, 4.69) is 4.98 Å². The summed E-state index contributed by atoms with van der Waals surface area (Å²) in [6, 6.07) is 13.6. The average molecular weight is 267 g/mol. The summed E-state index contributed by atoms with van der Waals surface area (Å²) in [5, 5.41) is 9.83. The zero-order valence-electron chi connectivity index (χ0n) is 10.4. The minimum Gasteiger partial charge on any atom is -0.478 e. The molecule has 0 aliphatic carbocycles. The van der Waals surface area contributed by atoms with Crippen LogP contribution in [0.25, 0.3) is 22.0 Å². The van der Waals surface area contributed by atoms with Gasteiger partial charge in [-0.05, 0) is 18.2 Å². The van der Waals surface area contributed by atoms with Crippen LogP contribution < -0.4 is 0 Å². The molecule has 3 rings (SSSR count). The molecule has 3 aromatic rings. The van der Waals surface area contributed by atoms with Crippen molar-refractivity contribution in [1.29, 1.82) is 0 Å². The molecule has 3 nitrogen and oxygen atoms in total. The van der Waals surface area contributed by atoms with Gasteiger partial charge in [-0.1, -0.05) is 30.3 Å². The van der Waals surface area contributed by atoms with Crippen LogP contribution in [0.15, 0.2) is 54.7 Å². The number of hydrogen-bond acceptors (Lipinski definition) is 2. The Hall–Kier alpha value is -2.75. The van der Waals surface area contributed by atoms with E-state index in [9.17, 15) is 9.18 Å². The number of halogens is 1. The normalized spacial score (nSPS) is 10.7. The molecule has 20 heavy (non-hydrogen) atoms. The number of carboxylic acid groups (broad SMARTS) is 1. The lowest BCUT2D eigenvalue weighted by atomic mass is 10.0. The Morgan fingerprint density at radius 3 is 2.70 bits per heavy atom. The molecule has 0 bridgehead atoms. The van der Waals surface area contributed by atoms with Crippen molar-refractivity contribution < 1.29 is 14.3 Å². The first-order valence-corrected chi connectivity index (χ1v) is 6.04. The third kappa shape index (κ3) is 2.01. The van der Waals surface area contributed by atoms with E-state index in [1.54, 1.807) is 18.3 Å². The summed E-state index contributed by atoms with van der Waals surface area (Å²) >= 11 is 0. The van der Waals surface area contributed by atoms with Gasteiger partial charge in [-0.15, -0.1) is 0 Å². The summed E-state index contributed by atoms with van der Waals surface area (Å²) in [7, 11) is 0. The van der Waals surface area contributed by atoms with Crippen molar-refractivity contribution in [1.82, 2.24) is 4.98 Å². The van der Waals surface area contributed by atoms with Crippen molar-refractivity contribution in [3.8, 4) is 11.1 Å². The van der Waals surface area contributed by atoms with E-state index in [0.717, 1.165) is 10.9 Å². The lowest BCUT2D eigenvalue weighted by Crippen LogP contribution is -2.01. The van der Waals surface area contributed by atoms with Gasteiger partial charge in [0.2, 0.25) is 0 Å². The smallest absolute Gasteiger partial charge is 0.338 e. The van der Waals surface area contributed by atoms with E-state index in [1.165, 1.54) is 12.1 Å². The molecule has 0 spiro atoms. The number of aromatic nitrogens is 1. The number of rotatable bonds is 2. The van der Waals surface area contributed by atoms with Crippen LogP contribution in [0.3, 0.4) is 0 Å². The Morgan fingerprint density at radius 1 is 1.10 bits per heavy atom. The first-order chi connectivity index (χ1) is 9.66. The number of hydrogen-bond donors (Lipinski definition) is 1. The van der Waals surface area contributed by atoms with E-state index in [0.29, 0.717) is 5.56 Å². The Morgan fingerprint density at radius 2 is 1.90 bits per heavy atom. The number of pyridine rings is 1. The first kappa shape index (κ1) is 12.3. The SMILES string of the molecule is O=C(O)c1cccc(-c2cnc3ccccc3c2)c1F. The number of aromatic carboxylic acids is 1. The van der Waals surface area contributed by atoms with E-state index in [-0.39, 0.29) is 11.1 Å². The predicted octanol–water partition coefficient (Wildman–Crippen LogP) is 3.74. The molecule has 0 saturated heterocycles. The minimum absolute atomic E-state index is 0.239. The zero-order chi connectivity index (χ0) is 14.1. The van der Waals surface area contributed by atoms with Gasteiger partial charge in [0.1, 0.15) is 5.82 Å². The van der Waals surface area contributed by atoms with Gasteiger partial charge in [-0.25, -0.2) is 9.18 Å². The number of carbonyl (C=O) groups is 1. The van der Waals surface area contributed by atoms with Gasteiger partial charge in [0.05, 0.1) is 11.1 Å². The Kier molecular flexibility index (Phi) is 2.91. The number of benzene rings is 2. The maximum absolute atomic E-state index is 14.2. The second-order valence-corrected chi connectivity index (χ2v) is 4.39. The van der Waals surface area contributed by atoms with Crippen molar-refractivity contribution in [3.05, 3.63) is 66.1 Å². The number of nitrogens with zero attached hydrogens (tertiary/aromatic N) is 1. The van der Waals surface area contributed by atoms with E-state index in [1.807, 2.05) is 24.3 Å². The molecule has 0 saturated carbocycles. The largest absolute Gasteiger partial charge is 0.478 e. The maximum atomic E-state index is 14.2. The molecular formula is C16H10FNO2. The monoisotopic (exact) mass is 267 g/mol. The number of fused-ring (bicyclic) bond motifs is 1. The third-order valence-corrected chi connectivity index (χ3v) is 3.13. The van der Waals surface area contributed by atoms with Crippen LogP contribution >= 0.6 is 0 Å². The van der Waals surface area contributed by atoms with Crippen molar-refractivity contribution in [2.45, 2.75) is 0 Å². The summed E-state index contributed by atoms with van der Waals surface area (Å²) in [6.45, 7) is 0. The van der Waals surface area contributed by atoms with Crippen LogP contribution in [-0.4, -0.2) is 16.1 Å². The van der Waals surface area contributed by atoms with Crippen LogP contribution in [0.1, 0.15) is 10.4 Å². The fourth-order valence-corrected chi connectivity index (χ4v) is 2.14. The molecule has 0 fully saturated rings. The summed E-state index contributed by atoms with van der Waals surface area (Å²) in [5.74, 6) is -2.02. The van der Waals surface area contributed by atoms with E-state index < -0.39 is 11.8 Å². The quantitative estimate of drug-likeness (QED) is 0.769. The van der Waals surface area contributed by atoms with Gasteiger partial charge < -0.3 is 5.11 Å². The predicted molar refractivity (Wildman–Crippen MR) is 74.1 cm³/mol. The van der Waals surface area contributed by atoms with Crippen LogP contribution in [0.4, 0.5) is 4.39 Å². The lowest BCUT2D eigenvalue weighted by Gasteiger charge is -2.06. The van der Waals surface area contributed by atoms with Gasteiger partial charge in [-0.2, -0.15) is 0 Å². The lowest BCUT2D eigenvalue weighted by molar-refractivity contribution is 0.0692. The van der Waals surface area contributed by atoms with Crippen LogP contribution in [0.5, 0.6) is 0 Å². The molecule has 0 aliphatic rings. The van der Waals surface area contributed by atoms with E-state index in [4.69, 9.17) is 5.11 Å². The number of carboxylic acids is 1. The van der Waals surface area contributed by atoms with E-state index >= 15 is 0 Å². The molecule has 1 aromatic heterocycles. The van der Waals surface area contributed by atoms with Gasteiger partial charge in [0.25, 0.3) is 0 Å². The molecule has 0 atom stereocenters. The topological polar surface area (TPSA) is 50.2 Å². The molecule has 0 radical (unpaired) electrons. The summed E-state index contributed by atoms with van der Waals surface area (Å²) in [6.07, 6.45) is 1.55. The van der Waals surface area contributed by atoms with Gasteiger partial charge in [0, 0.05) is 22.7 Å². The van der Waals surface area contributed by atoms with Crippen molar-refractivity contribution >= 4 is 16.9 Å². The average Bonchev–Trinajstić information content (AvgIpc) is 2.46. The first-order valence-electron chi connectivity index (χ1n) is 6.04. The van der Waals surface area contributed by atoms with Gasteiger partial charge >= 0.3 is 5.97 Å². The highest BCUT2D eigenvalue weighted by Crippen LogP contribution is 2.26. The zero-order valence-corrected chi connectivity index (χ0v) is 10.4. The van der Waals surface area contributed by atoms with Crippen LogP contribution in [0.2, 0.25) is 0 Å². The summed E-state index contributed by atoms with van der Waals surface area (Å²) < 4.78 is 14.2. The fraction of sp³-hybridized carbons (Fsp3) is 0. The Balaban J connectivity index is 2.20. The molecule has 0 aliphatic heterocycles. The van der Waals surface area contributed by atoms with Gasteiger partial charge in [-0.3, -0.25) is 4.98 Å². The van der Waals surface area contributed by atoms with Crippen molar-refractivity contribution in [2.75, 3.05) is 0 Å². The maximum Gasteiger partial charge on any atom is 0.338 e. The third-order valence-electron chi connectivity index (χ3n) is 3.13. The van der Waals surface area contributed by atoms with Crippen molar-refractivity contribution in [2.24, 2.45) is 0 Å². The highest BCUT2D eigenvalue weighted by molar-refractivity contribution is 5.91. The molecule has 98 valence electrons. The summed E-state index contributed by atoms with van der Waals surface area (Å²) in [5.41, 5.74) is 1.27. The summed E-state index contributed by atoms with van der Waals surface area (Å²) in [4.78, 5) is 15.2. The number of para-hydroxylation sites is 1. The molecule has 1 N–H and O–H groups in total. The highest BCUT2D eigenvalue weighted by atomic mass is 19.1. The van der Waals surface area contributed by atoms with Crippen LogP contribution in [0, 0.1) is 5.82 Å². The molecule has 0 amide bonds. The van der Waals surface area contributed by atoms with Gasteiger partial charge in [0.15, 0.2) is 0 Å². The highest BCUT2D eigenvalue weighted by Gasteiger charge is 2.15. The minimum atomic E-state index is -1.28. The molecule has 1 heterocycles. The Labute approximate surface area is 114 Å². The Bertz CT molecular complexity index is 814. The second kappa shape index (κ2) is 4.74.